The van der Waals surface area contributed by atoms with Gasteiger partial charge in [0.25, 0.3) is 18.3 Å². The molecule has 124 heavy (non-hydrogen) atoms. The Bertz CT molecular complexity index is 2960. The van der Waals surface area contributed by atoms with Gasteiger partial charge in [-0.05, 0) is 141 Å². The average Bonchev–Trinajstić information content (AvgIpc) is 1.75. The third-order valence-electron chi connectivity index (χ3n) is 17.6. The van der Waals surface area contributed by atoms with E-state index >= 15 is 0 Å². The number of aliphatic carboxylic acids is 2. The number of alkyl carbamates (subject to hydrolysis) is 2. The SMILES string of the molecule is C.C.CC(Cl)OC(=O)Cl.CC[C@@H](C(=O)NC(=O)OC(C)Cl)N1CCCC1=O.CC[C@@H](C(=O)NC(=O)OC(C)OC(=O)CCCC[C@@H]1CCSS1)N1CCCC1=O.CC[C@@H](C(=O)O)N1CCCC1=O.CC[C@@H](C(N)=O)N1CCCC1=O.CC[C@@H](CO)N1CCCC1=O.CC[C@H](N)CO.O=C(Cl)CCCCl.O=C(O)CCCC[C@@H]1CCSS1.O=CO[O-].[H-].[K+].[K+].[K+].[OH-]. The van der Waals surface area contributed by atoms with E-state index in [2.05, 4.69) is 25.0 Å². The number of rotatable bonds is 35. The van der Waals surface area contributed by atoms with Gasteiger partial charge in [-0.25, -0.2) is 19.2 Å². The summed E-state index contributed by atoms with van der Waals surface area (Å²) >= 11 is 25.5. The summed E-state index contributed by atoms with van der Waals surface area (Å²) in [6, 6.07) is -2.28. The quantitative estimate of drug-likeness (QED) is 0.00385. The molecule has 3 unspecified atom stereocenters. The molecule has 708 valence electrons. The molecule has 7 fully saturated rings. The Hall–Kier alpha value is -0.721. The van der Waals surface area contributed by atoms with E-state index in [1.54, 1.807) is 30.6 Å². The molecule has 0 aliphatic carbocycles. The van der Waals surface area contributed by atoms with Crippen molar-refractivity contribution in [1.82, 2.24) is 35.1 Å². The minimum absolute atomic E-state index is 0. The maximum absolute atomic E-state index is 12.3. The van der Waals surface area contributed by atoms with E-state index in [1.807, 2.05) is 63.9 Å². The molecule has 0 aromatic rings. The van der Waals surface area contributed by atoms with Crippen LogP contribution in [-0.4, -0.2) is 272 Å². The number of nitrogens with two attached hydrogens (primary N) is 2. The van der Waals surface area contributed by atoms with Gasteiger partial charge in [-0.3, -0.25) is 68.2 Å². The zero-order valence-corrected chi connectivity index (χ0v) is 88.8. The summed E-state index contributed by atoms with van der Waals surface area (Å²) in [6.45, 7) is 18.7. The summed E-state index contributed by atoms with van der Waals surface area (Å²) in [7, 11) is 7.74. The number of esters is 1. The van der Waals surface area contributed by atoms with Gasteiger partial charge in [-0.2, -0.15) is 0 Å². The van der Waals surface area contributed by atoms with Crippen LogP contribution in [0.5, 0.6) is 0 Å². The predicted octanol–water partition coefficient (Wildman–Crippen LogP) is 2.07. The smallest absolute Gasteiger partial charge is 1.00 e. The fourth-order valence-corrected chi connectivity index (χ4v) is 18.2. The molecule has 7 rings (SSSR count). The predicted molar refractivity (Wildman–Crippen MR) is 468 cm³/mol. The fraction of sp³-hybridized carbons (Fsp3) is 0.789. The zero-order chi connectivity index (χ0) is 90.3. The number of primary amides is 1. The molecule has 0 saturated carbocycles. The summed E-state index contributed by atoms with van der Waals surface area (Å²) in [4.78, 5) is 186. The van der Waals surface area contributed by atoms with Gasteiger partial charge in [0.15, 0.2) is 11.1 Å². The van der Waals surface area contributed by atoms with Crippen LogP contribution in [0.4, 0.5) is 14.4 Å². The van der Waals surface area contributed by atoms with Gasteiger partial charge in [0.05, 0.1) is 19.3 Å². The largest absolute Gasteiger partial charge is 1.00 e. The van der Waals surface area contributed by atoms with Crippen LogP contribution < -0.4 is 182 Å². The number of nitrogens with one attached hydrogen (secondary N) is 2. The van der Waals surface area contributed by atoms with E-state index in [0.717, 1.165) is 82.4 Å². The van der Waals surface area contributed by atoms with Crippen molar-refractivity contribution in [3.63, 3.8) is 0 Å². The second kappa shape index (κ2) is 88.8. The molecule has 0 aromatic carbocycles. The summed E-state index contributed by atoms with van der Waals surface area (Å²) in [5, 5.41) is 48.1. The number of aliphatic hydroxyl groups is 2. The van der Waals surface area contributed by atoms with E-state index in [-0.39, 0.29) is 255 Å². The van der Waals surface area contributed by atoms with Crippen LogP contribution in [-0.2, 0) is 86.2 Å². The normalized spacial score (nSPS) is 17.6. The Labute approximate surface area is 901 Å². The number of carboxylic acids is 2. The zero-order valence-electron chi connectivity index (χ0n) is 73.4. The third kappa shape index (κ3) is 70.0. The molecule has 7 saturated heterocycles. The number of aliphatic hydroxyl groups excluding tert-OH is 2. The number of hydrogen-bond donors (Lipinski definition) is 8. The van der Waals surface area contributed by atoms with Crippen LogP contribution in [0.2, 0.25) is 0 Å². The molecule has 7 aliphatic heterocycles. The molecule has 0 bridgehead atoms. The van der Waals surface area contributed by atoms with Gasteiger partial charge in [-0.1, -0.05) is 136 Å². The summed E-state index contributed by atoms with van der Waals surface area (Å²) < 4.78 is 18.7. The number of nitrogens with zero attached hydrogens (tertiary/aromatic N) is 5. The summed E-state index contributed by atoms with van der Waals surface area (Å²) in [5.41, 5.74) is 8.06. The number of likely N-dealkylation sites (tertiary alicyclic amines) is 5. The Morgan fingerprint density at radius 1 is 0.540 bits per heavy atom. The van der Waals surface area contributed by atoms with Crippen molar-refractivity contribution in [2.24, 2.45) is 11.5 Å². The average molecular weight is 2030 g/mol. The number of carbonyl (C=O) groups excluding carboxylic acids is 14. The molecule has 48 heteroatoms. The number of amides is 10. The maximum atomic E-state index is 12.3. The third-order valence-corrected chi connectivity index (χ3v) is 24.3. The molecule has 36 nitrogen and oxygen atoms in total. The van der Waals surface area contributed by atoms with Gasteiger partial charge >= 0.3 is 190 Å². The molecule has 0 aromatic heterocycles. The molecule has 7 aliphatic rings. The second-order valence-corrected chi connectivity index (χ2v) is 34.6. The number of carboxylic acid groups (broad SMARTS) is 2. The van der Waals surface area contributed by atoms with Crippen LogP contribution in [0.1, 0.15) is 258 Å². The molecule has 0 spiro atoms. The van der Waals surface area contributed by atoms with Crippen LogP contribution in [0, 0.1) is 0 Å². The van der Waals surface area contributed by atoms with Crippen LogP contribution in [0.15, 0.2) is 0 Å². The van der Waals surface area contributed by atoms with Gasteiger partial charge in [0.1, 0.15) is 24.2 Å². The Morgan fingerprint density at radius 2 is 0.903 bits per heavy atom. The van der Waals surface area contributed by atoms with E-state index in [9.17, 15) is 71.9 Å². The van der Waals surface area contributed by atoms with E-state index < -0.39 is 88.8 Å². The molecule has 11 N–H and O–H groups in total. The van der Waals surface area contributed by atoms with Crippen LogP contribution in [0.3, 0.4) is 0 Å². The number of ether oxygens (including phenoxy) is 4. The Balaban J connectivity index is -0.000000153. The number of unbranched alkanes of at least 4 members (excludes halogenated alkanes) is 2. The molecular weight excluding hydrogens is 1890 g/mol. The van der Waals surface area contributed by atoms with Gasteiger partial charge < -0.3 is 92.4 Å². The van der Waals surface area contributed by atoms with Crippen LogP contribution in [0.25, 0.3) is 0 Å². The number of carbonyl (C=O) groups is 16. The monoisotopic (exact) mass is 2030 g/mol. The van der Waals surface area contributed by atoms with Crippen molar-refractivity contribution in [2.75, 3.05) is 63.3 Å². The fourth-order valence-electron chi connectivity index (χ4n) is 11.6. The Morgan fingerprint density at radius 3 is 1.15 bits per heavy atom. The van der Waals surface area contributed by atoms with Gasteiger partial charge in [0, 0.05) is 137 Å². The first-order valence-electron chi connectivity index (χ1n) is 39.5. The summed E-state index contributed by atoms with van der Waals surface area (Å²) in [6.07, 6.45) is 17.4. The van der Waals surface area contributed by atoms with Gasteiger partial charge in [0.2, 0.25) is 47.0 Å². The van der Waals surface area contributed by atoms with Crippen molar-refractivity contribution in [3.05, 3.63) is 0 Å². The molecule has 10 amide bonds. The first kappa shape index (κ1) is 141. The number of hydrogen-bond acceptors (Lipinski definition) is 30. The van der Waals surface area contributed by atoms with Crippen molar-refractivity contribution < 1.29 is 287 Å². The van der Waals surface area contributed by atoms with Crippen molar-refractivity contribution in [2.45, 2.75) is 321 Å². The van der Waals surface area contributed by atoms with Crippen LogP contribution >= 0.6 is 101 Å². The van der Waals surface area contributed by atoms with Crippen molar-refractivity contribution >= 4 is 196 Å². The van der Waals surface area contributed by atoms with Crippen molar-refractivity contribution in [3.8, 4) is 0 Å². The van der Waals surface area contributed by atoms with Gasteiger partial charge in [-0.15, -0.1) is 11.6 Å². The molecule has 11 atom stereocenters. The van der Waals surface area contributed by atoms with Crippen molar-refractivity contribution in [1.29, 1.82) is 0 Å². The number of imide groups is 2. The minimum atomic E-state index is -1.09. The first-order valence-corrected chi connectivity index (χ1v) is 46.4. The minimum Gasteiger partial charge on any atom is -1.00 e. The standard InChI is InChI=1S/C19H30N2O6S2.C11H17ClN2O4.C8H14N2O2.C8H13NO3.C8H15NO2.C8H14O2S2.C4H6Cl2O.C4H11NO.C3H4Cl2O2.CH2O3.2CH4.3K.H2O.H/c1-3-15(21-11-6-8-16(21)22)18(24)20-19(25)27-13(2)26-17(23)9-5-4-7-14-10-12-28-29-14;1-3-8(14-6-4-5-9(14)15)10(16)13-11(17)18-7(2)12;1-2-6(8(9)12)10-5-3-4-7(10)11;1-2-6(8(11)12)9-5-3-4-7(9)10;1-2-7(6-10)9-5-3-4-8(9)11;9-8(10)4-2-1-3-7-5-6-11-12-7;5-3-1-2-4(6)7;1-2-4(5)3-6;1-2(4)7-3(5)6;2-1-4-3;;;;;;;/h13-15H,3-12H2,1-2H3,(H,20,24,25);7-8H,3-6H2,1-2H3,(H,13,16,17);6H,2-5H2,1H3,(H2,9,12);6H,2-5H2,1H3,(H,11,12);7,10H,2-6H2,1H3;7H,1-6H2,(H,9,10);1-3H2;4,6H,2-3,5H2,1H3;2H,1H3;1,3H;2*1H4;;;;1H2;/q;;;;;;;;;;;;3*+1;;-1/p-2/t13?,14-,15+;7?,8-;2*6-;2*7-;;4-;;;;;;;;;/m100001.0........./s1. The maximum Gasteiger partial charge on any atom is 1.00 e. The second-order valence-electron chi connectivity index (χ2n) is 26.7. The first-order chi connectivity index (χ1) is 55.9. The van der Waals surface area contributed by atoms with E-state index in [4.69, 9.17) is 109 Å². The van der Waals surface area contributed by atoms with E-state index in [0.29, 0.717) is 121 Å². The topological polar surface area (TPSA) is 546 Å². The molecular formula is C76H135Cl5K3N9O27S4. The molecule has 7 heterocycles. The number of halogens is 5. The number of alkyl halides is 3. The molecule has 0 radical (unpaired) electrons. The summed E-state index contributed by atoms with van der Waals surface area (Å²) in [5.74, 6) is -0.441. The Kier molecular flexibility index (Phi) is 101. The van der Waals surface area contributed by atoms with E-state index in [1.165, 1.54) is 66.2 Å².